The third-order valence-corrected chi connectivity index (χ3v) is 7.79. The van der Waals surface area contributed by atoms with E-state index in [1.807, 2.05) is 0 Å². The highest BCUT2D eigenvalue weighted by atomic mass is 16.3. The summed E-state index contributed by atoms with van der Waals surface area (Å²) in [6, 6.07) is 0. The molecule has 4 aliphatic rings. The van der Waals surface area contributed by atoms with Gasteiger partial charge in [0, 0.05) is 11.8 Å². The van der Waals surface area contributed by atoms with Gasteiger partial charge in [-0.25, -0.2) is 0 Å². The Kier molecular flexibility index (Phi) is 2.96. The summed E-state index contributed by atoms with van der Waals surface area (Å²) in [7, 11) is 0. The van der Waals surface area contributed by atoms with Crippen molar-refractivity contribution in [1.29, 1.82) is 0 Å². The van der Waals surface area contributed by atoms with E-state index < -0.39 is 0 Å². The van der Waals surface area contributed by atoms with Crippen LogP contribution in [0.3, 0.4) is 0 Å². The summed E-state index contributed by atoms with van der Waals surface area (Å²) in [5, 5.41) is 10.00. The minimum Gasteiger partial charge on any atom is -0.393 e. The monoisotopic (exact) mass is 288 g/mol. The number of hydrogen-bond donors (Lipinski definition) is 1. The lowest BCUT2D eigenvalue weighted by atomic mass is 9.48. The van der Waals surface area contributed by atoms with Gasteiger partial charge in [0.2, 0.25) is 0 Å². The van der Waals surface area contributed by atoms with E-state index in [9.17, 15) is 9.90 Å². The van der Waals surface area contributed by atoms with Crippen LogP contribution in [0.15, 0.2) is 11.6 Å². The molecule has 0 heterocycles. The molecule has 0 unspecified atom stereocenters. The molecule has 1 N–H and O–H groups in total. The maximum absolute atomic E-state index is 12.4. The number of fused-ring (bicyclic) bond motifs is 5. The van der Waals surface area contributed by atoms with Gasteiger partial charge in [0.05, 0.1) is 6.10 Å². The van der Waals surface area contributed by atoms with Gasteiger partial charge in [0.15, 0.2) is 0 Å². The number of rotatable bonds is 0. The summed E-state index contributed by atoms with van der Waals surface area (Å²) < 4.78 is 0. The Bertz CT molecular complexity index is 508. The first-order valence-corrected chi connectivity index (χ1v) is 8.86. The predicted molar refractivity (Wildman–Crippen MR) is 82.7 cm³/mol. The lowest BCUT2D eigenvalue weighted by Crippen LogP contribution is -2.50. The number of aliphatic hydroxyl groups is 1. The van der Waals surface area contributed by atoms with Gasteiger partial charge in [-0.2, -0.15) is 0 Å². The van der Waals surface area contributed by atoms with Gasteiger partial charge in [0.1, 0.15) is 5.78 Å². The van der Waals surface area contributed by atoms with Gasteiger partial charge in [-0.3, -0.25) is 4.79 Å². The summed E-state index contributed by atoms with van der Waals surface area (Å²) in [5.41, 5.74) is 1.81. The lowest BCUT2D eigenvalue weighted by molar-refractivity contribution is -0.132. The van der Waals surface area contributed by atoms with Gasteiger partial charge in [-0.1, -0.05) is 25.5 Å². The molecule has 0 amide bonds. The Balaban J connectivity index is 1.69. The first kappa shape index (κ1) is 14.0. The fraction of sp³-hybridized carbons (Fsp3) is 0.842. The van der Waals surface area contributed by atoms with E-state index in [1.165, 1.54) is 12.0 Å². The van der Waals surface area contributed by atoms with Gasteiger partial charge < -0.3 is 5.11 Å². The van der Waals surface area contributed by atoms with E-state index >= 15 is 0 Å². The molecule has 4 rings (SSSR count). The van der Waals surface area contributed by atoms with Crippen molar-refractivity contribution in [2.75, 3.05) is 0 Å². The molecule has 0 aromatic carbocycles. The van der Waals surface area contributed by atoms with Crippen LogP contribution in [0.4, 0.5) is 0 Å². The maximum Gasteiger partial charge on any atom is 0.139 e. The van der Waals surface area contributed by atoms with Crippen LogP contribution < -0.4 is 0 Å². The molecule has 3 saturated carbocycles. The Morgan fingerprint density at radius 2 is 1.81 bits per heavy atom. The fourth-order valence-corrected chi connectivity index (χ4v) is 6.41. The Morgan fingerprint density at radius 1 is 1.10 bits per heavy atom. The zero-order valence-corrected chi connectivity index (χ0v) is 13.4. The minimum absolute atomic E-state index is 0.0168. The fourth-order valence-electron chi connectivity index (χ4n) is 6.41. The molecule has 2 heteroatoms. The predicted octanol–water partition coefficient (Wildman–Crippen LogP) is 3.88. The summed E-state index contributed by atoms with van der Waals surface area (Å²) in [5.74, 6) is 2.60. The van der Waals surface area contributed by atoms with E-state index in [4.69, 9.17) is 0 Å². The molecule has 0 spiro atoms. The third-order valence-electron chi connectivity index (χ3n) is 7.79. The highest BCUT2D eigenvalue weighted by Gasteiger charge is 2.58. The van der Waals surface area contributed by atoms with Gasteiger partial charge in [-0.05, 0) is 68.1 Å². The summed E-state index contributed by atoms with van der Waals surface area (Å²) >= 11 is 0. The van der Waals surface area contributed by atoms with Crippen molar-refractivity contribution in [2.45, 2.75) is 71.3 Å². The quantitative estimate of drug-likeness (QED) is 0.687. The average Bonchev–Trinajstić information content (AvgIpc) is 2.76. The van der Waals surface area contributed by atoms with Crippen LogP contribution >= 0.6 is 0 Å². The molecule has 3 fully saturated rings. The zero-order valence-electron chi connectivity index (χ0n) is 13.4. The number of aliphatic hydroxyl groups excluding tert-OH is 1. The number of ketones is 1. The van der Waals surface area contributed by atoms with E-state index in [2.05, 4.69) is 19.9 Å². The molecule has 21 heavy (non-hydrogen) atoms. The highest BCUT2D eigenvalue weighted by Crippen LogP contribution is 2.63. The Hall–Kier alpha value is -0.630. The smallest absolute Gasteiger partial charge is 0.139 e. The zero-order chi connectivity index (χ0) is 14.8. The average molecular weight is 288 g/mol. The highest BCUT2D eigenvalue weighted by molar-refractivity contribution is 5.87. The second-order valence-corrected chi connectivity index (χ2v) is 8.57. The summed E-state index contributed by atoms with van der Waals surface area (Å²) in [6.07, 6.45) is 10.7. The molecule has 0 aliphatic heterocycles. The number of allylic oxidation sites excluding steroid dienone is 1. The van der Waals surface area contributed by atoms with Gasteiger partial charge in [-0.15, -0.1) is 0 Å². The van der Waals surface area contributed by atoms with Gasteiger partial charge >= 0.3 is 0 Å². The molecule has 6 atom stereocenters. The second-order valence-electron chi connectivity index (χ2n) is 8.57. The maximum atomic E-state index is 12.4. The van der Waals surface area contributed by atoms with Crippen molar-refractivity contribution in [1.82, 2.24) is 0 Å². The first-order valence-electron chi connectivity index (χ1n) is 8.86. The number of carbonyl (C=O) groups is 1. The SMILES string of the molecule is C[C@]12CC[C@H](O)CC1=CC[C@@H]1[C@H]2CC[C@@]2(C)C(=O)CC[C@@H]12. The molecule has 116 valence electrons. The summed E-state index contributed by atoms with van der Waals surface area (Å²) in [4.78, 5) is 12.4. The summed E-state index contributed by atoms with van der Waals surface area (Å²) in [6.45, 7) is 4.69. The van der Waals surface area contributed by atoms with E-state index in [-0.39, 0.29) is 11.5 Å². The van der Waals surface area contributed by atoms with Crippen molar-refractivity contribution in [2.24, 2.45) is 28.6 Å². The van der Waals surface area contributed by atoms with E-state index in [1.54, 1.807) is 0 Å². The second kappa shape index (κ2) is 4.44. The lowest BCUT2D eigenvalue weighted by Gasteiger charge is -2.56. The number of carbonyl (C=O) groups excluding carboxylic acids is 1. The molecule has 0 aromatic rings. The molecule has 0 bridgehead atoms. The van der Waals surface area contributed by atoms with Crippen LogP contribution in [0.1, 0.15) is 65.2 Å². The van der Waals surface area contributed by atoms with E-state index in [0.29, 0.717) is 23.0 Å². The molecule has 0 aromatic heterocycles. The molecule has 0 radical (unpaired) electrons. The molecule has 2 nitrogen and oxygen atoms in total. The van der Waals surface area contributed by atoms with Crippen LogP contribution in [0, 0.1) is 28.6 Å². The van der Waals surface area contributed by atoms with Crippen molar-refractivity contribution in [3.63, 3.8) is 0 Å². The minimum atomic E-state index is -0.122. The molecule has 0 saturated heterocycles. The van der Waals surface area contributed by atoms with E-state index in [0.717, 1.165) is 50.9 Å². The van der Waals surface area contributed by atoms with Crippen molar-refractivity contribution in [3.05, 3.63) is 11.6 Å². The normalized spacial score (nSPS) is 52.7. The van der Waals surface area contributed by atoms with Crippen LogP contribution in [0.25, 0.3) is 0 Å². The number of hydrogen-bond acceptors (Lipinski definition) is 2. The van der Waals surface area contributed by atoms with Crippen molar-refractivity contribution >= 4 is 5.78 Å². The largest absolute Gasteiger partial charge is 0.393 e. The molecule has 4 aliphatic carbocycles. The number of Topliss-reactive ketones (excluding diaryl/α,β-unsaturated/α-hetero) is 1. The van der Waals surface area contributed by atoms with Crippen molar-refractivity contribution in [3.8, 4) is 0 Å². The topological polar surface area (TPSA) is 37.3 Å². The molecular weight excluding hydrogens is 260 g/mol. The van der Waals surface area contributed by atoms with Crippen LogP contribution in [-0.2, 0) is 4.79 Å². The Morgan fingerprint density at radius 3 is 2.62 bits per heavy atom. The van der Waals surface area contributed by atoms with Crippen LogP contribution in [0.5, 0.6) is 0 Å². The van der Waals surface area contributed by atoms with Crippen LogP contribution in [-0.4, -0.2) is 17.0 Å². The van der Waals surface area contributed by atoms with Crippen LogP contribution in [0.2, 0.25) is 0 Å². The van der Waals surface area contributed by atoms with Gasteiger partial charge in [0.25, 0.3) is 0 Å². The van der Waals surface area contributed by atoms with Crippen molar-refractivity contribution < 1.29 is 9.90 Å². The molecular formula is C19H28O2. The standard InChI is InChI=1S/C19H28O2/c1-18-9-7-13(20)11-12(18)3-4-14-15-5-6-17(21)19(15,2)10-8-16(14)18/h3,13-16,20H,4-11H2,1-2H3/t13-,14-,15-,16+,18-,19+/m0/s1. The first-order chi connectivity index (χ1) is 9.95. The third kappa shape index (κ3) is 1.78. The Labute approximate surface area is 128 Å².